The molecule has 0 saturated carbocycles. The van der Waals surface area contributed by atoms with Crippen molar-refractivity contribution in [1.82, 2.24) is 39.9 Å². The first-order chi connectivity index (χ1) is 59.4. The Bertz CT molecular complexity index is 4190. The monoisotopic (exact) mass is 1640 g/mol. The second-order valence-corrected chi connectivity index (χ2v) is 35.2. The number of H-pyrrole nitrogens is 2. The minimum atomic E-state index is 0.472. The van der Waals surface area contributed by atoms with Gasteiger partial charge in [-0.2, -0.15) is 0 Å². The lowest BCUT2D eigenvalue weighted by Crippen LogP contribution is -2.03. The third kappa shape index (κ3) is 34.0. The number of terminal acetylenes is 1. The van der Waals surface area contributed by atoms with Crippen molar-refractivity contribution in [3.63, 3.8) is 0 Å². The van der Waals surface area contributed by atoms with Crippen LogP contribution in [0.5, 0.6) is 34.5 Å². The number of nitrogens with one attached hydrogen (secondary N) is 2. The van der Waals surface area contributed by atoms with Crippen LogP contribution in [0, 0.1) is 12.3 Å². The maximum atomic E-state index is 6.99. The number of unbranched alkanes of at least 4 members (excludes halogenated alkanes) is 54. The van der Waals surface area contributed by atoms with Gasteiger partial charge in [-0.25, -0.2) is 29.9 Å². The predicted molar refractivity (Wildman–Crippen MR) is 508 cm³/mol. The fraction of sp³-hybridized carbons (Fsp3) is 0.679. The van der Waals surface area contributed by atoms with Gasteiger partial charge in [0.15, 0.2) is 57.8 Å². The molecule has 2 aliphatic rings. The van der Waals surface area contributed by atoms with Crippen LogP contribution in [0.2, 0.25) is 0 Å². The van der Waals surface area contributed by atoms with Gasteiger partial charge in [-0.15, -0.1) is 6.42 Å². The van der Waals surface area contributed by atoms with Crippen molar-refractivity contribution in [2.24, 2.45) is 0 Å². The predicted octanol–water partition coefficient (Wildman–Crippen LogP) is 32.6. The van der Waals surface area contributed by atoms with E-state index in [-0.39, 0.29) is 0 Å². The second-order valence-electron chi connectivity index (χ2n) is 35.2. The summed E-state index contributed by atoms with van der Waals surface area (Å²) in [7, 11) is 0. The van der Waals surface area contributed by atoms with Gasteiger partial charge in [0.25, 0.3) is 0 Å². The fourth-order valence-electron chi connectivity index (χ4n) is 17.2. The molecule has 14 heteroatoms. The molecular formula is C106H162N8O6. The highest BCUT2D eigenvalue weighted by Gasteiger charge is 2.28. The molecule has 4 aromatic carbocycles. The molecule has 0 spiro atoms. The Labute approximate surface area is 727 Å². The van der Waals surface area contributed by atoms with Gasteiger partial charge in [-0.05, 0) is 93.1 Å². The molecule has 8 bridgehead atoms. The largest absolute Gasteiger partial charge is 0.490 e. The van der Waals surface area contributed by atoms with E-state index < -0.39 is 0 Å². The number of fused-ring (bicyclic) bond motifs is 20. The minimum absolute atomic E-state index is 0.472. The molecule has 0 fully saturated rings. The van der Waals surface area contributed by atoms with Gasteiger partial charge < -0.3 is 38.4 Å². The quantitative estimate of drug-likeness (QED) is 0.0274. The van der Waals surface area contributed by atoms with Crippen molar-refractivity contribution in [2.45, 2.75) is 427 Å². The molecule has 2 N–H and O–H groups in total. The molecule has 7 aromatic rings. The highest BCUT2D eigenvalue weighted by atomic mass is 16.5. The van der Waals surface area contributed by atoms with Crippen molar-refractivity contribution in [2.75, 3.05) is 39.6 Å². The number of ether oxygens (including phenoxy) is 6. The molecule has 3 aromatic heterocycles. The van der Waals surface area contributed by atoms with Crippen LogP contribution in [0.1, 0.15) is 432 Å². The summed E-state index contributed by atoms with van der Waals surface area (Å²) in [6.07, 6.45) is 80.8. The van der Waals surface area contributed by atoms with Crippen molar-refractivity contribution < 1.29 is 28.4 Å². The van der Waals surface area contributed by atoms with Crippen LogP contribution < -0.4 is 28.4 Å². The van der Waals surface area contributed by atoms with Crippen LogP contribution in [0.3, 0.4) is 0 Å². The van der Waals surface area contributed by atoms with Gasteiger partial charge >= 0.3 is 0 Å². The molecule has 0 radical (unpaired) electrons. The topological polar surface area (TPSA) is 164 Å². The molecule has 662 valence electrons. The lowest BCUT2D eigenvalue weighted by atomic mass is 10.1. The van der Waals surface area contributed by atoms with Crippen molar-refractivity contribution in [1.29, 1.82) is 0 Å². The summed E-state index contributed by atoms with van der Waals surface area (Å²) in [6.45, 7) is 17.2. The third-order valence-corrected chi connectivity index (χ3v) is 24.7. The first-order valence-corrected chi connectivity index (χ1v) is 50.1. The number of benzene rings is 4. The molecular weight excluding hydrogens is 1480 g/mol. The average molecular weight is 1640 g/mol. The Balaban J connectivity index is 1.17. The van der Waals surface area contributed by atoms with Crippen LogP contribution in [0.25, 0.3) is 89.7 Å². The Morgan fingerprint density at radius 2 is 0.400 bits per heavy atom. The Morgan fingerprint density at radius 3 is 0.608 bits per heavy atom. The number of aromatic nitrogens is 8. The molecule has 120 heavy (non-hydrogen) atoms. The molecule has 0 amide bonds. The van der Waals surface area contributed by atoms with E-state index in [1.165, 1.54) is 308 Å². The minimum Gasteiger partial charge on any atom is -0.490 e. The summed E-state index contributed by atoms with van der Waals surface area (Å²) in [6, 6.07) is 18.7. The normalized spacial score (nSPS) is 11.8. The lowest BCUT2D eigenvalue weighted by Gasteiger charge is -2.15. The van der Waals surface area contributed by atoms with Gasteiger partial charge in [0, 0.05) is 49.4 Å². The molecule has 5 heterocycles. The zero-order valence-corrected chi connectivity index (χ0v) is 76.6. The van der Waals surface area contributed by atoms with E-state index in [9.17, 15) is 0 Å². The van der Waals surface area contributed by atoms with Crippen molar-refractivity contribution >= 4 is 44.1 Å². The zero-order chi connectivity index (χ0) is 83.9. The van der Waals surface area contributed by atoms with Crippen molar-refractivity contribution in [3.05, 3.63) is 60.2 Å². The standard InChI is InChI=1S/C106H162N8O6/c1-8-15-21-27-33-39-45-51-57-63-71-115-93-78-87-88(79-94(93)116-72-64-58-52-46-40-34-28-22-16-9-2)103-110-101(87)108-99-85-70-69-84(14-7)77-86(85)100(107-99)109-102-89-80-95(117-73-65-59-53-47-41-35-29-23-17-10-3)96(118-74-66-60-54-48-42-36-30-24-18-11-4)81-90(89)104(111-102)113-106-92-83-98(120-76-68-62-56-50-44-38-32-26-20-13-6)97(82-91(92)105(112-103)114-106)119-75-67-61-55-49-43-37-31-25-19-12-5/h7,69-70,77-83H,8-13,15-68,71-76H2,1-6H3,(H2,107,108,109,110,111,112,113,114). The van der Waals surface area contributed by atoms with E-state index in [0.29, 0.717) is 120 Å². The molecule has 9 rings (SSSR count). The van der Waals surface area contributed by atoms with E-state index in [1.807, 2.05) is 18.2 Å². The van der Waals surface area contributed by atoms with Crippen LogP contribution in [-0.4, -0.2) is 79.5 Å². The smallest absolute Gasteiger partial charge is 0.164 e. The lowest BCUT2D eigenvalue weighted by molar-refractivity contribution is 0.258. The van der Waals surface area contributed by atoms with E-state index in [0.717, 1.165) is 126 Å². The van der Waals surface area contributed by atoms with E-state index >= 15 is 0 Å². The number of aromatic amines is 2. The first kappa shape index (κ1) is 96.4. The van der Waals surface area contributed by atoms with Crippen molar-refractivity contribution in [3.8, 4) is 92.4 Å². The third-order valence-electron chi connectivity index (χ3n) is 24.7. The molecule has 2 aliphatic heterocycles. The maximum Gasteiger partial charge on any atom is 0.164 e. The van der Waals surface area contributed by atoms with Crippen LogP contribution in [-0.2, 0) is 0 Å². The zero-order valence-electron chi connectivity index (χ0n) is 76.6. The Hall–Kier alpha value is -7.40. The van der Waals surface area contributed by atoms with E-state index in [4.69, 9.17) is 64.7 Å². The summed E-state index contributed by atoms with van der Waals surface area (Å²) in [5, 5.41) is 3.27. The second kappa shape index (κ2) is 59.4. The summed E-state index contributed by atoms with van der Waals surface area (Å²) in [5.41, 5.74) is 6.13. The molecule has 0 atom stereocenters. The Morgan fingerprint density at radius 1 is 0.217 bits per heavy atom. The fourth-order valence-corrected chi connectivity index (χ4v) is 17.2. The maximum absolute atomic E-state index is 6.99. The molecule has 0 aliphatic carbocycles. The summed E-state index contributed by atoms with van der Waals surface area (Å²) in [5.74, 6) is 8.93. The van der Waals surface area contributed by atoms with Crippen LogP contribution >= 0.6 is 0 Å². The van der Waals surface area contributed by atoms with Gasteiger partial charge in [0.1, 0.15) is 22.6 Å². The highest BCUT2D eigenvalue weighted by Crippen LogP contribution is 2.46. The van der Waals surface area contributed by atoms with Gasteiger partial charge in [0.2, 0.25) is 0 Å². The SMILES string of the molecule is C#Cc1ccc2c3nc4nc(nc5[nH]c(nc6nc(nc([nH]3)c2c1)-c1cc(OCCCCCCCCCCCC)c(OCCCCCCCCCCCC)cc1-6)c1cc(OCCCCCCCCCCCC)c(OCCCCCCCCCCCC)cc51)-c1cc(OCCCCCCCCCCCC)c(OCCCCCCCCCCCC)cc1-4. The number of hydrogen-bond donors (Lipinski definition) is 2. The summed E-state index contributed by atoms with van der Waals surface area (Å²) >= 11 is 0. The molecule has 0 saturated heterocycles. The number of rotatable bonds is 72. The van der Waals surface area contributed by atoms with Gasteiger partial charge in [0.05, 0.1) is 39.6 Å². The first-order valence-electron chi connectivity index (χ1n) is 50.1. The van der Waals surface area contributed by atoms with Crippen LogP contribution in [0.15, 0.2) is 54.6 Å². The molecule has 0 unspecified atom stereocenters. The van der Waals surface area contributed by atoms with Gasteiger partial charge in [-0.3, -0.25) is 0 Å². The highest BCUT2D eigenvalue weighted by molar-refractivity contribution is 6.07. The van der Waals surface area contributed by atoms with E-state index in [1.54, 1.807) is 0 Å². The van der Waals surface area contributed by atoms with E-state index in [2.05, 4.69) is 93.8 Å². The molecule has 14 nitrogen and oxygen atoms in total. The summed E-state index contributed by atoms with van der Waals surface area (Å²) in [4.78, 5) is 41.1. The number of hydrogen-bond acceptors (Lipinski definition) is 12. The Kier molecular flexibility index (Phi) is 47.7. The number of nitrogens with zero attached hydrogens (tertiary/aromatic N) is 6. The summed E-state index contributed by atoms with van der Waals surface area (Å²) < 4.78 is 41.8. The van der Waals surface area contributed by atoms with Gasteiger partial charge in [-0.1, -0.05) is 394 Å². The van der Waals surface area contributed by atoms with Crippen LogP contribution in [0.4, 0.5) is 0 Å². The average Bonchev–Trinajstić information content (AvgIpc) is 1.59.